The van der Waals surface area contributed by atoms with E-state index in [1.807, 2.05) is 19.0 Å². The van der Waals surface area contributed by atoms with Crippen molar-refractivity contribution in [2.75, 3.05) is 30.9 Å². The van der Waals surface area contributed by atoms with Gasteiger partial charge in [0.2, 0.25) is 0 Å². The summed E-state index contributed by atoms with van der Waals surface area (Å²) in [7, 11) is 3.82. The molecule has 0 radical (unpaired) electrons. The Labute approximate surface area is 193 Å². The van der Waals surface area contributed by atoms with Gasteiger partial charge in [-0.15, -0.1) is 11.3 Å². The van der Waals surface area contributed by atoms with Gasteiger partial charge >= 0.3 is 5.97 Å². The van der Waals surface area contributed by atoms with E-state index in [9.17, 15) is 14.4 Å². The highest BCUT2D eigenvalue weighted by Gasteiger charge is 2.21. The maximum atomic E-state index is 12.6. The van der Waals surface area contributed by atoms with Crippen molar-refractivity contribution in [3.63, 3.8) is 0 Å². The summed E-state index contributed by atoms with van der Waals surface area (Å²) in [6, 6.07) is 8.71. The summed E-state index contributed by atoms with van der Waals surface area (Å²) < 4.78 is 6.07. The van der Waals surface area contributed by atoms with Crippen LogP contribution in [0.15, 0.2) is 30.3 Å². The van der Waals surface area contributed by atoms with Crippen LogP contribution < -0.4 is 15.5 Å². The Kier molecular flexibility index (Phi) is 6.71. The molecule has 0 spiro atoms. The molecule has 0 atom stereocenters. The first kappa shape index (κ1) is 22.2. The van der Waals surface area contributed by atoms with Crippen LogP contribution in [0.2, 0.25) is 0 Å². The second-order valence-corrected chi connectivity index (χ2v) is 9.84. The van der Waals surface area contributed by atoms with Crippen LogP contribution in [0.3, 0.4) is 0 Å². The predicted octanol–water partition coefficient (Wildman–Crippen LogP) is 3.89. The van der Waals surface area contributed by atoms with Gasteiger partial charge in [0.15, 0.2) is 11.7 Å². The maximum absolute atomic E-state index is 12.6. The zero-order valence-corrected chi connectivity index (χ0v) is 19.5. The number of thiazole rings is 1. The van der Waals surface area contributed by atoms with E-state index in [0.717, 1.165) is 40.3 Å². The van der Waals surface area contributed by atoms with Gasteiger partial charge in [0.05, 0.1) is 16.0 Å². The number of ether oxygens (including phenoxy) is 1. The summed E-state index contributed by atoms with van der Waals surface area (Å²) in [5.41, 5.74) is 0.779. The van der Waals surface area contributed by atoms with E-state index in [-0.39, 0.29) is 11.9 Å². The Morgan fingerprint density at radius 1 is 1.16 bits per heavy atom. The first-order chi connectivity index (χ1) is 15.4. The molecule has 8 nitrogen and oxygen atoms in total. The van der Waals surface area contributed by atoms with Crippen LogP contribution in [0.25, 0.3) is 9.53 Å². The van der Waals surface area contributed by atoms with Crippen molar-refractivity contribution in [3.05, 3.63) is 40.8 Å². The van der Waals surface area contributed by atoms with Gasteiger partial charge < -0.3 is 20.3 Å². The molecule has 1 fully saturated rings. The Morgan fingerprint density at radius 2 is 1.91 bits per heavy atom. The standard InChI is InChI=1S/C22H24N4O4S2/c1-26(2)22-25-20-16(32-22)11-17(31-20)21(29)30-12-18(27)24-15-10-6-5-9-14(15)19(28)23-13-7-3-4-8-13/h5-6,9-11,13H,3-4,7-8,12H2,1-2H3,(H,23,28)(H,24,27). The molecule has 2 heterocycles. The number of anilines is 2. The smallest absolute Gasteiger partial charge is 0.348 e. The fourth-order valence-electron chi connectivity index (χ4n) is 3.53. The Bertz CT molecular complexity index is 1120. The molecule has 168 valence electrons. The van der Waals surface area contributed by atoms with Crippen LogP contribution >= 0.6 is 22.7 Å². The number of esters is 1. The van der Waals surface area contributed by atoms with Crippen LogP contribution in [-0.4, -0.2) is 49.5 Å². The van der Waals surface area contributed by atoms with Crippen molar-refractivity contribution in [2.24, 2.45) is 0 Å². The molecule has 2 amide bonds. The minimum atomic E-state index is -0.575. The van der Waals surface area contributed by atoms with E-state index in [1.54, 1.807) is 30.3 Å². The lowest BCUT2D eigenvalue weighted by atomic mass is 10.1. The molecule has 0 bridgehead atoms. The summed E-state index contributed by atoms with van der Waals surface area (Å²) in [5, 5.41) is 6.56. The number of nitrogens with one attached hydrogen (secondary N) is 2. The number of carbonyl (C=O) groups excluding carboxylic acids is 3. The summed E-state index contributed by atoms with van der Waals surface area (Å²) in [5.74, 6) is -1.30. The van der Waals surface area contributed by atoms with Gasteiger partial charge in [0.1, 0.15) is 9.71 Å². The van der Waals surface area contributed by atoms with Gasteiger partial charge in [0, 0.05) is 20.1 Å². The molecular formula is C22H24N4O4S2. The van der Waals surface area contributed by atoms with Crippen LogP contribution in [0, 0.1) is 0 Å². The Balaban J connectivity index is 1.34. The highest BCUT2D eigenvalue weighted by Crippen LogP contribution is 2.34. The molecule has 0 saturated heterocycles. The van der Waals surface area contributed by atoms with E-state index < -0.39 is 18.5 Å². The molecule has 1 aliphatic carbocycles. The molecule has 0 unspecified atom stereocenters. The van der Waals surface area contributed by atoms with Gasteiger partial charge in [-0.25, -0.2) is 9.78 Å². The third kappa shape index (κ3) is 5.08. The van der Waals surface area contributed by atoms with Crippen molar-refractivity contribution in [1.82, 2.24) is 10.3 Å². The molecule has 2 N–H and O–H groups in total. The average molecular weight is 473 g/mol. The van der Waals surface area contributed by atoms with Gasteiger partial charge in [-0.05, 0) is 31.0 Å². The zero-order valence-electron chi connectivity index (χ0n) is 17.8. The van der Waals surface area contributed by atoms with Crippen molar-refractivity contribution in [2.45, 2.75) is 31.7 Å². The van der Waals surface area contributed by atoms with Crippen LogP contribution in [0.1, 0.15) is 45.7 Å². The lowest BCUT2D eigenvalue weighted by Gasteiger charge is -2.15. The molecule has 1 saturated carbocycles. The molecule has 32 heavy (non-hydrogen) atoms. The van der Waals surface area contributed by atoms with E-state index in [0.29, 0.717) is 16.1 Å². The monoisotopic (exact) mass is 472 g/mol. The number of aromatic nitrogens is 1. The van der Waals surface area contributed by atoms with Crippen molar-refractivity contribution < 1.29 is 19.1 Å². The summed E-state index contributed by atoms with van der Waals surface area (Å²) in [6.45, 7) is -0.445. The minimum Gasteiger partial charge on any atom is -0.451 e. The van der Waals surface area contributed by atoms with Crippen LogP contribution in [0.4, 0.5) is 10.8 Å². The lowest BCUT2D eigenvalue weighted by molar-refractivity contribution is -0.119. The lowest BCUT2D eigenvalue weighted by Crippen LogP contribution is -2.33. The second-order valence-electron chi connectivity index (χ2n) is 7.80. The fraction of sp³-hybridized carbons (Fsp3) is 0.364. The SMILES string of the molecule is CN(C)c1nc2sc(C(=O)OCC(=O)Nc3ccccc3C(=O)NC3CCCC3)cc2s1. The van der Waals surface area contributed by atoms with Gasteiger partial charge in [-0.2, -0.15) is 0 Å². The normalized spacial score (nSPS) is 13.8. The van der Waals surface area contributed by atoms with Crippen molar-refractivity contribution in [1.29, 1.82) is 0 Å². The first-order valence-corrected chi connectivity index (χ1v) is 12.0. The van der Waals surface area contributed by atoms with Crippen LogP contribution in [0.5, 0.6) is 0 Å². The summed E-state index contributed by atoms with van der Waals surface area (Å²) in [6.07, 6.45) is 4.18. The topological polar surface area (TPSA) is 101 Å². The van der Waals surface area contributed by atoms with E-state index in [4.69, 9.17) is 4.74 Å². The van der Waals surface area contributed by atoms with Gasteiger partial charge in [0.25, 0.3) is 11.8 Å². The number of amides is 2. The number of fused-ring (bicyclic) bond motifs is 1. The van der Waals surface area contributed by atoms with Crippen LogP contribution in [-0.2, 0) is 9.53 Å². The minimum absolute atomic E-state index is 0.177. The second kappa shape index (κ2) is 9.66. The molecule has 1 aliphatic rings. The van der Waals surface area contributed by atoms with Crippen molar-refractivity contribution >= 4 is 60.8 Å². The summed E-state index contributed by atoms with van der Waals surface area (Å²) >= 11 is 2.72. The zero-order chi connectivity index (χ0) is 22.7. The van der Waals surface area contributed by atoms with Gasteiger partial charge in [-0.1, -0.05) is 36.3 Å². The number of rotatable bonds is 7. The third-order valence-corrected chi connectivity index (χ3v) is 7.44. The third-order valence-electron chi connectivity index (χ3n) is 5.13. The molecule has 10 heteroatoms. The van der Waals surface area contributed by atoms with E-state index in [1.165, 1.54) is 22.7 Å². The number of benzene rings is 1. The number of nitrogens with zero attached hydrogens (tertiary/aromatic N) is 2. The molecule has 3 aromatic rings. The van der Waals surface area contributed by atoms with E-state index >= 15 is 0 Å². The molecule has 0 aliphatic heterocycles. The highest BCUT2D eigenvalue weighted by molar-refractivity contribution is 7.29. The number of hydrogen-bond acceptors (Lipinski definition) is 8. The Hall–Kier alpha value is -2.98. The van der Waals surface area contributed by atoms with Crippen molar-refractivity contribution in [3.8, 4) is 0 Å². The van der Waals surface area contributed by atoms with E-state index in [2.05, 4.69) is 15.6 Å². The largest absolute Gasteiger partial charge is 0.451 e. The highest BCUT2D eigenvalue weighted by atomic mass is 32.1. The number of carbonyl (C=O) groups is 3. The fourth-order valence-corrected chi connectivity index (χ4v) is 5.55. The maximum Gasteiger partial charge on any atom is 0.348 e. The number of hydrogen-bond donors (Lipinski definition) is 2. The number of para-hydroxylation sites is 1. The molecule has 4 rings (SSSR count). The molecule has 2 aromatic heterocycles. The molecule has 1 aromatic carbocycles. The summed E-state index contributed by atoms with van der Waals surface area (Å²) in [4.78, 5) is 44.9. The first-order valence-electron chi connectivity index (χ1n) is 10.4. The Morgan fingerprint density at radius 3 is 2.62 bits per heavy atom. The predicted molar refractivity (Wildman–Crippen MR) is 127 cm³/mol. The quantitative estimate of drug-likeness (QED) is 0.506. The number of thiophene rings is 1. The molecular weight excluding hydrogens is 448 g/mol. The van der Waals surface area contributed by atoms with Gasteiger partial charge in [-0.3, -0.25) is 9.59 Å². The average Bonchev–Trinajstić information content (AvgIpc) is 3.49.